The zero-order valence-corrected chi connectivity index (χ0v) is 29.3. The molecule has 0 radical (unpaired) electrons. The van der Waals surface area contributed by atoms with Crippen molar-refractivity contribution >= 4 is 23.6 Å². The fourth-order valence-electron chi connectivity index (χ4n) is 8.29. The summed E-state index contributed by atoms with van der Waals surface area (Å²) in [5.74, 6) is -4.29. The highest BCUT2D eigenvalue weighted by molar-refractivity contribution is 6.03. The van der Waals surface area contributed by atoms with Gasteiger partial charge in [0.15, 0.2) is 17.7 Å². The van der Waals surface area contributed by atoms with Crippen LogP contribution >= 0.6 is 0 Å². The molecule has 3 saturated heterocycles. The van der Waals surface area contributed by atoms with Crippen molar-refractivity contribution in [2.45, 2.75) is 128 Å². The van der Waals surface area contributed by atoms with E-state index >= 15 is 4.39 Å². The molecule has 13 heteroatoms. The minimum atomic E-state index is -2.65. The van der Waals surface area contributed by atoms with Crippen molar-refractivity contribution in [3.63, 3.8) is 0 Å². The van der Waals surface area contributed by atoms with Gasteiger partial charge in [-0.25, -0.2) is 14.0 Å². The Bertz CT molecular complexity index is 1220. The molecule has 0 aromatic carbocycles. The molecule has 4 aliphatic heterocycles. The van der Waals surface area contributed by atoms with Crippen molar-refractivity contribution in [2.75, 3.05) is 33.8 Å². The Morgan fingerprint density at radius 1 is 1.17 bits per heavy atom. The van der Waals surface area contributed by atoms with Gasteiger partial charge in [-0.05, 0) is 60.0 Å². The molecule has 2 bridgehead atoms. The number of esters is 1. The molecule has 1 amide bonds. The van der Waals surface area contributed by atoms with Crippen LogP contribution in [0.2, 0.25) is 0 Å². The normalized spacial score (nSPS) is 43.5. The van der Waals surface area contributed by atoms with Gasteiger partial charge in [0.25, 0.3) is 6.17 Å². The predicted molar refractivity (Wildman–Crippen MR) is 172 cm³/mol. The fourth-order valence-corrected chi connectivity index (χ4v) is 8.29. The number of alkyl halides is 1. The van der Waals surface area contributed by atoms with E-state index in [0.717, 1.165) is 5.71 Å². The smallest absolute Gasteiger partial charge is 0.410 e. The number of hydrogen-bond acceptors (Lipinski definition) is 11. The molecule has 0 aromatic heterocycles. The Hall–Kier alpha value is -2.45. The Labute approximate surface area is 277 Å². The minimum absolute atomic E-state index is 0.0763. The van der Waals surface area contributed by atoms with Gasteiger partial charge in [-0.15, -0.1) is 6.58 Å². The molecule has 266 valence electrons. The molecule has 4 rings (SSSR count). The minimum Gasteiger partial charge on any atom is -0.456 e. The van der Waals surface area contributed by atoms with Crippen molar-refractivity contribution in [3.8, 4) is 0 Å². The molecule has 0 aromatic rings. The molecule has 47 heavy (non-hydrogen) atoms. The summed E-state index contributed by atoms with van der Waals surface area (Å²) in [6.07, 6.45) is -5.38. The number of rotatable bonds is 7. The maximum atomic E-state index is 16.0. The van der Waals surface area contributed by atoms with Crippen LogP contribution in [0.15, 0.2) is 17.6 Å². The average molecular weight is 668 g/mol. The molecule has 0 spiro atoms. The number of halogens is 1. The number of hydrogen-bond donors (Lipinski definition) is 1. The first-order chi connectivity index (χ1) is 22.0. The van der Waals surface area contributed by atoms with Gasteiger partial charge in [-0.1, -0.05) is 33.8 Å². The predicted octanol–water partition coefficient (Wildman–Crippen LogP) is 3.33. The molecule has 4 aliphatic rings. The summed E-state index contributed by atoms with van der Waals surface area (Å²) in [6.45, 7) is 17.0. The quantitative estimate of drug-likeness (QED) is 0.245. The van der Waals surface area contributed by atoms with E-state index in [4.69, 9.17) is 28.7 Å². The Morgan fingerprint density at radius 2 is 1.85 bits per heavy atom. The van der Waals surface area contributed by atoms with E-state index in [9.17, 15) is 19.5 Å². The standard InChI is InChI=1S/C34H54FN3O9/c1-11-15-43-33(7)17-18(3)25-20(5)28-34(8,47-32(42)38(28)14-13-36-25)23(12-2)45-30(41)24(35)26(39)21(6)29(33)46-31-27(40)22(37(9)10)16-19(4)44-31/h11,18-24,27-29,31,40H,1,12-17H2,2-10H3/t18-,19-,20+,21+,22+,23-,24?,27-,28-,29-,31+,33+,34-/m1/s1. The van der Waals surface area contributed by atoms with Gasteiger partial charge in [0.2, 0.25) is 0 Å². The van der Waals surface area contributed by atoms with E-state index in [1.807, 2.05) is 39.8 Å². The van der Waals surface area contributed by atoms with Crippen LogP contribution in [0.25, 0.3) is 0 Å². The number of ether oxygens (including phenoxy) is 5. The topological polar surface area (TPSA) is 136 Å². The highest BCUT2D eigenvalue weighted by atomic mass is 19.1. The summed E-state index contributed by atoms with van der Waals surface area (Å²) < 4.78 is 46.7. The van der Waals surface area contributed by atoms with Crippen LogP contribution < -0.4 is 0 Å². The molecule has 1 unspecified atom stereocenters. The van der Waals surface area contributed by atoms with E-state index in [0.29, 0.717) is 19.5 Å². The number of aliphatic imine (C=N–C) groups is 1. The Morgan fingerprint density at radius 3 is 2.47 bits per heavy atom. The average Bonchev–Trinajstić information content (AvgIpc) is 3.14. The number of cyclic esters (lactones) is 1. The molecule has 0 aliphatic carbocycles. The zero-order valence-electron chi connectivity index (χ0n) is 29.3. The summed E-state index contributed by atoms with van der Waals surface area (Å²) in [5.41, 5.74) is -1.81. The van der Waals surface area contributed by atoms with Crippen LogP contribution in [-0.4, -0.2) is 132 Å². The number of nitrogens with zero attached hydrogens (tertiary/aromatic N) is 3. The van der Waals surface area contributed by atoms with E-state index in [1.54, 1.807) is 31.7 Å². The number of aliphatic hydroxyl groups is 1. The van der Waals surface area contributed by atoms with Crippen molar-refractivity contribution in [1.29, 1.82) is 0 Å². The van der Waals surface area contributed by atoms with Crippen LogP contribution in [0.5, 0.6) is 0 Å². The van der Waals surface area contributed by atoms with E-state index in [-0.39, 0.29) is 43.4 Å². The Balaban J connectivity index is 1.84. The largest absolute Gasteiger partial charge is 0.456 e. The summed E-state index contributed by atoms with van der Waals surface area (Å²) >= 11 is 0. The van der Waals surface area contributed by atoms with Crippen LogP contribution in [0.3, 0.4) is 0 Å². The lowest BCUT2D eigenvalue weighted by molar-refractivity contribution is -0.296. The van der Waals surface area contributed by atoms with Gasteiger partial charge in [0, 0.05) is 30.1 Å². The van der Waals surface area contributed by atoms with Crippen molar-refractivity contribution < 1.29 is 47.6 Å². The molecule has 3 fully saturated rings. The summed E-state index contributed by atoms with van der Waals surface area (Å²) in [5, 5.41) is 11.4. The number of fused-ring (bicyclic) bond motifs is 1. The first-order valence-electron chi connectivity index (χ1n) is 16.8. The van der Waals surface area contributed by atoms with Gasteiger partial charge in [-0.2, -0.15) is 0 Å². The highest BCUT2D eigenvalue weighted by Crippen LogP contribution is 2.44. The fraction of sp³-hybridized carbons (Fsp3) is 0.824. The second kappa shape index (κ2) is 14.6. The van der Waals surface area contributed by atoms with Crippen LogP contribution in [0.4, 0.5) is 9.18 Å². The number of ketones is 1. The molecular formula is C34H54FN3O9. The van der Waals surface area contributed by atoms with E-state index in [2.05, 4.69) is 6.58 Å². The number of carbonyl (C=O) groups is 3. The van der Waals surface area contributed by atoms with Gasteiger partial charge in [-0.3, -0.25) is 14.7 Å². The maximum Gasteiger partial charge on any atom is 0.410 e. The van der Waals surface area contributed by atoms with Crippen LogP contribution in [-0.2, 0) is 33.3 Å². The molecule has 4 heterocycles. The third kappa shape index (κ3) is 7.15. The third-order valence-corrected chi connectivity index (χ3v) is 10.6. The van der Waals surface area contributed by atoms with Gasteiger partial charge in [0.05, 0.1) is 37.0 Å². The van der Waals surface area contributed by atoms with Gasteiger partial charge in [0.1, 0.15) is 12.2 Å². The van der Waals surface area contributed by atoms with Gasteiger partial charge < -0.3 is 33.7 Å². The maximum absolute atomic E-state index is 16.0. The van der Waals surface area contributed by atoms with Crippen molar-refractivity contribution in [3.05, 3.63) is 12.7 Å². The lowest BCUT2D eigenvalue weighted by Gasteiger charge is -2.47. The second-order valence-corrected chi connectivity index (χ2v) is 14.3. The number of carbonyl (C=O) groups excluding carboxylic acids is 3. The number of amides is 1. The van der Waals surface area contributed by atoms with Crippen LogP contribution in [0, 0.1) is 17.8 Å². The lowest BCUT2D eigenvalue weighted by atomic mass is 9.73. The molecule has 13 atom stereocenters. The number of Topliss-reactive ketones (excluding diaryl/α,β-unsaturated/α-hetero) is 1. The zero-order chi connectivity index (χ0) is 35.0. The second-order valence-electron chi connectivity index (χ2n) is 14.3. The third-order valence-electron chi connectivity index (χ3n) is 10.6. The summed E-state index contributed by atoms with van der Waals surface area (Å²) in [7, 11) is 3.70. The lowest BCUT2D eigenvalue weighted by Crippen LogP contribution is -2.60. The van der Waals surface area contributed by atoms with E-state index in [1.165, 1.54) is 6.92 Å². The number of aliphatic hydroxyl groups excluding tert-OH is 1. The first-order valence-corrected chi connectivity index (χ1v) is 16.8. The molecular weight excluding hydrogens is 613 g/mol. The van der Waals surface area contributed by atoms with Crippen molar-refractivity contribution in [2.24, 2.45) is 22.7 Å². The number of likely N-dealkylation sites (N-methyl/N-ethyl adjacent to an activating group) is 1. The highest BCUT2D eigenvalue weighted by Gasteiger charge is 2.60. The monoisotopic (exact) mass is 667 g/mol. The van der Waals surface area contributed by atoms with Crippen LogP contribution in [0.1, 0.15) is 67.7 Å². The molecule has 0 saturated carbocycles. The first kappa shape index (κ1) is 37.4. The SMILES string of the molecule is C=CCO[C@@]1(C)C[C@@H](C)C2=NCCN3C(=O)O[C@](C)([C@@H](CC)OC(=O)C(F)C(=O)[C@H](C)[C@H]1O[C@@H]1O[C@H](C)C[C@H](N(C)C)[C@H]1O)[C@H]3[C@H]2C. The molecule has 12 nitrogen and oxygen atoms in total. The summed E-state index contributed by atoms with van der Waals surface area (Å²) in [6, 6.07) is -0.882. The van der Waals surface area contributed by atoms with Gasteiger partial charge >= 0.3 is 12.1 Å². The van der Waals surface area contributed by atoms with E-state index < -0.39 is 71.8 Å². The Kier molecular flexibility index (Phi) is 11.6. The van der Waals surface area contributed by atoms with Crippen molar-refractivity contribution in [1.82, 2.24) is 9.80 Å². The summed E-state index contributed by atoms with van der Waals surface area (Å²) in [4.78, 5) is 48.9. The molecule has 1 N–H and O–H groups in total.